The second kappa shape index (κ2) is 8.45. The predicted molar refractivity (Wildman–Crippen MR) is 137 cm³/mol. The molecule has 0 aromatic heterocycles. The van der Waals surface area contributed by atoms with Crippen LogP contribution < -0.4 is 10.6 Å². The fourth-order valence-electron chi connectivity index (χ4n) is 4.15. The maximum atomic E-state index is 14.5. The Morgan fingerprint density at radius 2 is 1.09 bits per heavy atom. The lowest BCUT2D eigenvalue weighted by Crippen LogP contribution is -2.26. The normalized spacial score (nSPS) is 11.9. The molecule has 0 saturated heterocycles. The van der Waals surface area contributed by atoms with Crippen LogP contribution in [0, 0.1) is 0 Å². The SMILES string of the molecule is CN(/N=C/c1c2ccccc2cc2ccccc12)P(=O)(c1ccccc1)c1ccccc1. The number of hydrogen-bond acceptors (Lipinski definition) is 2. The van der Waals surface area contributed by atoms with Crippen molar-refractivity contribution in [2.75, 3.05) is 7.05 Å². The number of hydrazone groups is 1. The minimum Gasteiger partial charge on any atom is -0.288 e. The third-order valence-electron chi connectivity index (χ3n) is 5.79. The Morgan fingerprint density at radius 1 is 0.656 bits per heavy atom. The van der Waals surface area contributed by atoms with Gasteiger partial charge in [-0.3, -0.25) is 4.57 Å². The van der Waals surface area contributed by atoms with Gasteiger partial charge in [-0.1, -0.05) is 84.9 Å². The van der Waals surface area contributed by atoms with Crippen molar-refractivity contribution in [1.82, 2.24) is 4.78 Å². The molecule has 0 radical (unpaired) electrons. The highest BCUT2D eigenvalue weighted by Gasteiger charge is 2.31. The largest absolute Gasteiger partial charge is 0.288 e. The lowest BCUT2D eigenvalue weighted by atomic mass is 9.97. The van der Waals surface area contributed by atoms with Gasteiger partial charge in [0.25, 0.3) is 0 Å². The average molecular weight is 434 g/mol. The van der Waals surface area contributed by atoms with Crippen molar-refractivity contribution >= 4 is 45.7 Å². The second-order valence-corrected chi connectivity index (χ2v) is 10.5. The Balaban J connectivity index is 1.66. The third kappa shape index (κ3) is 3.51. The van der Waals surface area contributed by atoms with E-state index >= 15 is 0 Å². The number of rotatable bonds is 5. The van der Waals surface area contributed by atoms with Gasteiger partial charge in [0.15, 0.2) is 0 Å². The van der Waals surface area contributed by atoms with Crippen molar-refractivity contribution < 1.29 is 4.57 Å². The van der Waals surface area contributed by atoms with Crippen LogP contribution in [-0.2, 0) is 4.57 Å². The van der Waals surface area contributed by atoms with Crippen LogP contribution in [0.25, 0.3) is 21.5 Å². The zero-order chi connectivity index (χ0) is 22.0. The molecule has 5 aromatic rings. The molecule has 0 fully saturated rings. The minimum absolute atomic E-state index is 0.758. The quantitative estimate of drug-likeness (QED) is 0.143. The summed E-state index contributed by atoms with van der Waals surface area (Å²) in [4.78, 5) is 0. The number of benzene rings is 5. The number of nitrogens with zero attached hydrogens (tertiary/aromatic N) is 2. The van der Waals surface area contributed by atoms with Crippen molar-refractivity contribution in [3.05, 3.63) is 121 Å². The molecular formula is C28H23N2OP. The van der Waals surface area contributed by atoms with E-state index in [2.05, 4.69) is 30.3 Å². The van der Waals surface area contributed by atoms with Gasteiger partial charge in [-0.05, 0) is 51.9 Å². The molecule has 0 aliphatic heterocycles. The van der Waals surface area contributed by atoms with E-state index in [1.807, 2.05) is 91.1 Å². The first kappa shape index (κ1) is 20.2. The van der Waals surface area contributed by atoms with Crippen LogP contribution in [0.2, 0.25) is 0 Å². The summed E-state index contributed by atoms with van der Waals surface area (Å²) < 4.78 is 16.1. The molecule has 0 spiro atoms. The van der Waals surface area contributed by atoms with Crippen molar-refractivity contribution in [1.29, 1.82) is 0 Å². The van der Waals surface area contributed by atoms with Crippen molar-refractivity contribution in [2.45, 2.75) is 0 Å². The maximum absolute atomic E-state index is 14.5. The summed E-state index contributed by atoms with van der Waals surface area (Å²) >= 11 is 0. The summed E-state index contributed by atoms with van der Waals surface area (Å²) in [5, 5.41) is 10.8. The topological polar surface area (TPSA) is 32.7 Å². The Morgan fingerprint density at radius 3 is 1.59 bits per heavy atom. The summed E-state index contributed by atoms with van der Waals surface area (Å²) in [6.45, 7) is 0. The average Bonchev–Trinajstić information content (AvgIpc) is 2.87. The minimum atomic E-state index is -3.14. The highest BCUT2D eigenvalue weighted by Crippen LogP contribution is 2.46. The first-order chi connectivity index (χ1) is 15.7. The molecule has 0 aliphatic carbocycles. The first-order valence-corrected chi connectivity index (χ1v) is 12.2. The van der Waals surface area contributed by atoms with Crippen LogP contribution in [-0.4, -0.2) is 18.0 Å². The Kier molecular flexibility index (Phi) is 5.34. The van der Waals surface area contributed by atoms with Gasteiger partial charge in [0, 0.05) is 23.2 Å². The molecule has 32 heavy (non-hydrogen) atoms. The molecule has 0 N–H and O–H groups in total. The highest BCUT2D eigenvalue weighted by molar-refractivity contribution is 7.76. The zero-order valence-corrected chi connectivity index (χ0v) is 18.7. The highest BCUT2D eigenvalue weighted by atomic mass is 31.2. The van der Waals surface area contributed by atoms with Gasteiger partial charge in [-0.2, -0.15) is 5.10 Å². The Bertz CT molecular complexity index is 1370. The van der Waals surface area contributed by atoms with E-state index in [9.17, 15) is 4.57 Å². The standard InChI is InChI=1S/C28H23N2OP/c1-30(32(31,24-14-4-2-5-15-24)25-16-6-3-7-17-25)29-21-28-26-18-10-8-12-22(26)20-23-13-9-11-19-27(23)28/h2-21H,1H3/b29-21+. The molecule has 0 atom stereocenters. The molecule has 5 aromatic carbocycles. The van der Waals surface area contributed by atoms with E-state index < -0.39 is 7.29 Å². The van der Waals surface area contributed by atoms with Crippen molar-refractivity contribution in [2.24, 2.45) is 5.10 Å². The van der Waals surface area contributed by atoms with Crippen LogP contribution in [0.3, 0.4) is 0 Å². The van der Waals surface area contributed by atoms with Gasteiger partial charge in [0.1, 0.15) is 0 Å². The van der Waals surface area contributed by atoms with Crippen molar-refractivity contribution in [3.8, 4) is 0 Å². The summed E-state index contributed by atoms with van der Waals surface area (Å²) in [7, 11) is -1.34. The maximum Gasteiger partial charge on any atom is 0.244 e. The van der Waals surface area contributed by atoms with Gasteiger partial charge in [-0.25, -0.2) is 4.78 Å². The molecule has 0 heterocycles. The van der Waals surface area contributed by atoms with Crippen LogP contribution in [0.5, 0.6) is 0 Å². The van der Waals surface area contributed by atoms with Crippen LogP contribution in [0.15, 0.2) is 120 Å². The predicted octanol–water partition coefficient (Wildman–Crippen LogP) is 6.19. The number of fused-ring (bicyclic) bond motifs is 2. The van der Waals surface area contributed by atoms with Gasteiger partial charge >= 0.3 is 0 Å². The molecule has 5 rings (SSSR count). The van der Waals surface area contributed by atoms with Gasteiger partial charge in [0.05, 0.1) is 6.21 Å². The lowest BCUT2D eigenvalue weighted by Gasteiger charge is -2.26. The molecule has 0 unspecified atom stereocenters. The fraction of sp³-hybridized carbons (Fsp3) is 0.0357. The molecule has 4 heteroatoms. The summed E-state index contributed by atoms with van der Waals surface area (Å²) in [6, 6.07) is 38.0. The molecule has 0 saturated carbocycles. The summed E-state index contributed by atoms with van der Waals surface area (Å²) in [5.41, 5.74) is 1.03. The molecule has 0 bridgehead atoms. The van der Waals surface area contributed by atoms with E-state index in [-0.39, 0.29) is 0 Å². The Hall–Kier alpha value is -3.68. The molecule has 0 aliphatic rings. The first-order valence-electron chi connectivity index (χ1n) is 10.6. The van der Waals surface area contributed by atoms with E-state index in [4.69, 9.17) is 5.10 Å². The smallest absolute Gasteiger partial charge is 0.244 e. The molecule has 156 valence electrons. The van der Waals surface area contributed by atoms with Crippen LogP contribution >= 0.6 is 7.29 Å². The van der Waals surface area contributed by atoms with E-state index in [1.165, 1.54) is 0 Å². The van der Waals surface area contributed by atoms with E-state index in [0.717, 1.165) is 37.7 Å². The summed E-state index contributed by atoms with van der Waals surface area (Å²) in [6.07, 6.45) is 1.85. The van der Waals surface area contributed by atoms with Crippen LogP contribution in [0.4, 0.5) is 0 Å². The van der Waals surface area contributed by atoms with E-state index in [1.54, 1.807) is 11.8 Å². The second-order valence-electron chi connectivity index (χ2n) is 7.71. The monoisotopic (exact) mass is 434 g/mol. The molecule has 3 nitrogen and oxygen atoms in total. The molecular weight excluding hydrogens is 411 g/mol. The third-order valence-corrected chi connectivity index (χ3v) is 8.70. The Labute approximate surface area is 188 Å². The van der Waals surface area contributed by atoms with Gasteiger partial charge < -0.3 is 0 Å². The molecule has 0 amide bonds. The number of hydrogen-bond donors (Lipinski definition) is 0. The van der Waals surface area contributed by atoms with Crippen molar-refractivity contribution in [3.63, 3.8) is 0 Å². The van der Waals surface area contributed by atoms with Crippen LogP contribution in [0.1, 0.15) is 5.56 Å². The van der Waals surface area contributed by atoms with Gasteiger partial charge in [0.2, 0.25) is 7.29 Å². The fourth-order valence-corrected chi connectivity index (χ4v) is 6.46. The summed E-state index contributed by atoms with van der Waals surface area (Å²) in [5.74, 6) is 0. The van der Waals surface area contributed by atoms with Gasteiger partial charge in [-0.15, -0.1) is 0 Å². The lowest BCUT2D eigenvalue weighted by molar-refractivity contribution is 0.506. The van der Waals surface area contributed by atoms with E-state index in [0.29, 0.717) is 0 Å². The zero-order valence-electron chi connectivity index (χ0n) is 17.8.